The van der Waals surface area contributed by atoms with E-state index in [0.717, 1.165) is 24.9 Å². The van der Waals surface area contributed by atoms with Crippen LogP contribution in [-0.2, 0) is 6.42 Å². The first-order chi connectivity index (χ1) is 9.70. The summed E-state index contributed by atoms with van der Waals surface area (Å²) in [6.07, 6.45) is 2.07. The summed E-state index contributed by atoms with van der Waals surface area (Å²) in [4.78, 5) is 0. The van der Waals surface area contributed by atoms with Gasteiger partial charge in [-0.25, -0.2) is 4.39 Å². The van der Waals surface area contributed by atoms with Gasteiger partial charge < -0.3 is 5.32 Å². The lowest BCUT2D eigenvalue weighted by Gasteiger charge is -2.31. The third-order valence-electron chi connectivity index (χ3n) is 3.70. The fraction of sp³-hybridized carbons (Fsp3) is 0.625. The van der Waals surface area contributed by atoms with Gasteiger partial charge in [-0.1, -0.05) is 13.0 Å². The Balaban J connectivity index is 2.07. The van der Waals surface area contributed by atoms with Crippen LogP contribution in [0.25, 0.3) is 0 Å². The summed E-state index contributed by atoms with van der Waals surface area (Å²) >= 11 is 4.12. The number of nitrogens with one attached hydrogen (secondary N) is 1. The third kappa shape index (κ3) is 4.68. The van der Waals surface area contributed by atoms with Crippen LogP contribution >= 0.6 is 23.5 Å². The zero-order chi connectivity index (χ0) is 14.4. The van der Waals surface area contributed by atoms with Gasteiger partial charge in [-0.2, -0.15) is 23.5 Å². The van der Waals surface area contributed by atoms with Crippen molar-refractivity contribution >= 4 is 23.5 Å². The Morgan fingerprint density at radius 3 is 2.95 bits per heavy atom. The molecule has 2 unspecified atom stereocenters. The van der Waals surface area contributed by atoms with E-state index in [2.05, 4.69) is 30.9 Å². The average Bonchev–Trinajstić information content (AvgIpc) is 2.48. The van der Waals surface area contributed by atoms with Crippen molar-refractivity contribution in [2.45, 2.75) is 38.0 Å². The Bertz CT molecular complexity index is 419. The number of rotatable bonds is 6. The second kappa shape index (κ2) is 8.30. The van der Waals surface area contributed by atoms with Gasteiger partial charge in [0.1, 0.15) is 5.82 Å². The molecule has 0 spiro atoms. The molecule has 1 aromatic carbocycles. The van der Waals surface area contributed by atoms with Crippen molar-refractivity contribution in [3.63, 3.8) is 0 Å². The van der Waals surface area contributed by atoms with Crippen molar-refractivity contribution in [1.82, 2.24) is 5.32 Å². The molecule has 1 fully saturated rings. The van der Waals surface area contributed by atoms with Gasteiger partial charge in [-0.05, 0) is 49.6 Å². The van der Waals surface area contributed by atoms with Crippen LogP contribution < -0.4 is 5.32 Å². The molecule has 0 bridgehead atoms. The molecule has 20 heavy (non-hydrogen) atoms. The van der Waals surface area contributed by atoms with E-state index >= 15 is 0 Å². The van der Waals surface area contributed by atoms with Gasteiger partial charge in [0.2, 0.25) is 0 Å². The summed E-state index contributed by atoms with van der Waals surface area (Å²) in [5.41, 5.74) is 2.35. The smallest absolute Gasteiger partial charge is 0.123 e. The molecule has 0 aliphatic carbocycles. The molecule has 112 valence electrons. The zero-order valence-corrected chi connectivity index (χ0v) is 14.0. The topological polar surface area (TPSA) is 12.0 Å². The van der Waals surface area contributed by atoms with Crippen LogP contribution in [0.5, 0.6) is 0 Å². The summed E-state index contributed by atoms with van der Waals surface area (Å²) in [5, 5.41) is 4.32. The lowest BCUT2D eigenvalue weighted by molar-refractivity contribution is 0.503. The second-order valence-electron chi connectivity index (χ2n) is 5.32. The Morgan fingerprint density at radius 2 is 2.25 bits per heavy atom. The quantitative estimate of drug-likeness (QED) is 0.855. The highest BCUT2D eigenvalue weighted by Crippen LogP contribution is 2.28. The predicted octanol–water partition coefficient (Wildman–Crippen LogP) is 3.89. The molecule has 1 aliphatic rings. The fourth-order valence-corrected chi connectivity index (χ4v) is 5.39. The average molecular weight is 314 g/mol. The molecule has 0 aromatic heterocycles. The monoisotopic (exact) mass is 313 g/mol. The summed E-state index contributed by atoms with van der Waals surface area (Å²) in [7, 11) is 0. The Kier molecular flexibility index (Phi) is 6.72. The molecule has 0 saturated carbocycles. The fourth-order valence-electron chi connectivity index (χ4n) is 2.50. The van der Waals surface area contributed by atoms with E-state index in [9.17, 15) is 4.39 Å². The Morgan fingerprint density at radius 1 is 1.40 bits per heavy atom. The highest BCUT2D eigenvalue weighted by Gasteiger charge is 2.24. The number of halogens is 1. The minimum absolute atomic E-state index is 0.120. The van der Waals surface area contributed by atoms with Crippen LogP contribution in [-0.4, -0.2) is 35.1 Å². The number of hydrogen-bond donors (Lipinski definition) is 1. The van der Waals surface area contributed by atoms with Crippen LogP contribution in [0.3, 0.4) is 0 Å². The lowest BCUT2D eigenvalue weighted by atomic mass is 9.99. The first-order valence-electron chi connectivity index (χ1n) is 7.38. The molecule has 4 heteroatoms. The highest BCUT2D eigenvalue weighted by atomic mass is 32.2. The van der Waals surface area contributed by atoms with E-state index in [-0.39, 0.29) is 5.82 Å². The van der Waals surface area contributed by atoms with E-state index < -0.39 is 0 Å². The maximum absolute atomic E-state index is 13.5. The van der Waals surface area contributed by atoms with Gasteiger partial charge in [-0.15, -0.1) is 0 Å². The first kappa shape index (κ1) is 16.2. The predicted molar refractivity (Wildman–Crippen MR) is 90.5 cm³/mol. The molecular formula is C16H24FNS2. The molecule has 2 rings (SSSR count). The highest BCUT2D eigenvalue weighted by molar-refractivity contribution is 8.06. The normalized spacial score (nSPS) is 20.9. The van der Waals surface area contributed by atoms with Gasteiger partial charge in [-0.3, -0.25) is 0 Å². The standard InChI is InChI=1S/C16H24FNS2/c1-3-6-18-15(16-11-19-7-8-20-16)10-13-9-14(17)5-4-12(13)2/h4-5,9,15-16,18H,3,6-8,10-11H2,1-2H3. The van der Waals surface area contributed by atoms with Crippen LogP contribution in [0.1, 0.15) is 24.5 Å². The van der Waals surface area contributed by atoms with Gasteiger partial charge in [0.05, 0.1) is 0 Å². The number of thioether (sulfide) groups is 2. The zero-order valence-electron chi connectivity index (χ0n) is 12.3. The van der Waals surface area contributed by atoms with Gasteiger partial charge in [0.15, 0.2) is 0 Å². The summed E-state index contributed by atoms with van der Waals surface area (Å²) < 4.78 is 13.5. The molecule has 1 heterocycles. The van der Waals surface area contributed by atoms with Crippen molar-refractivity contribution < 1.29 is 4.39 Å². The Hall–Kier alpha value is -0.190. The van der Waals surface area contributed by atoms with Gasteiger partial charge in [0, 0.05) is 28.6 Å². The van der Waals surface area contributed by atoms with Gasteiger partial charge in [0.25, 0.3) is 0 Å². The Labute approximate surface area is 130 Å². The van der Waals surface area contributed by atoms with Crippen LogP contribution in [0.2, 0.25) is 0 Å². The summed E-state index contributed by atoms with van der Waals surface area (Å²) in [6, 6.07) is 5.60. The maximum atomic E-state index is 13.5. The number of benzene rings is 1. The van der Waals surface area contributed by atoms with Crippen LogP contribution in [0.15, 0.2) is 18.2 Å². The molecule has 1 nitrogen and oxygen atoms in total. The molecule has 1 saturated heterocycles. The molecule has 2 atom stereocenters. The van der Waals surface area contributed by atoms with E-state index in [4.69, 9.17) is 0 Å². The lowest BCUT2D eigenvalue weighted by Crippen LogP contribution is -2.43. The van der Waals surface area contributed by atoms with Crippen molar-refractivity contribution in [2.75, 3.05) is 23.8 Å². The first-order valence-corrected chi connectivity index (χ1v) is 9.58. The SMILES string of the molecule is CCCNC(Cc1cc(F)ccc1C)C1CSCCS1. The molecule has 0 amide bonds. The van der Waals surface area contributed by atoms with Gasteiger partial charge >= 0.3 is 0 Å². The van der Waals surface area contributed by atoms with Crippen molar-refractivity contribution in [3.05, 3.63) is 35.1 Å². The van der Waals surface area contributed by atoms with Crippen molar-refractivity contribution in [2.24, 2.45) is 0 Å². The van der Waals surface area contributed by atoms with Crippen LogP contribution in [0, 0.1) is 12.7 Å². The maximum Gasteiger partial charge on any atom is 0.123 e. The molecule has 1 aliphatic heterocycles. The molecule has 1 aromatic rings. The molecule has 0 radical (unpaired) electrons. The van der Waals surface area contributed by atoms with E-state index in [0.29, 0.717) is 11.3 Å². The summed E-state index contributed by atoms with van der Waals surface area (Å²) in [5.74, 6) is 3.59. The summed E-state index contributed by atoms with van der Waals surface area (Å²) in [6.45, 7) is 5.31. The number of aryl methyl sites for hydroxylation is 1. The molecular weight excluding hydrogens is 289 g/mol. The van der Waals surface area contributed by atoms with Crippen LogP contribution in [0.4, 0.5) is 4.39 Å². The second-order valence-corrected chi connectivity index (χ2v) is 7.82. The minimum atomic E-state index is -0.120. The number of hydrogen-bond acceptors (Lipinski definition) is 3. The van der Waals surface area contributed by atoms with E-state index in [1.54, 1.807) is 12.1 Å². The van der Waals surface area contributed by atoms with Crippen molar-refractivity contribution in [3.8, 4) is 0 Å². The van der Waals surface area contributed by atoms with E-state index in [1.165, 1.54) is 22.8 Å². The van der Waals surface area contributed by atoms with E-state index in [1.807, 2.05) is 17.8 Å². The minimum Gasteiger partial charge on any atom is -0.313 e. The van der Waals surface area contributed by atoms with Crippen molar-refractivity contribution in [1.29, 1.82) is 0 Å². The third-order valence-corrected chi connectivity index (χ3v) is 6.62. The molecule has 1 N–H and O–H groups in total. The largest absolute Gasteiger partial charge is 0.313 e.